The molecule has 0 bridgehead atoms. The fourth-order valence-electron chi connectivity index (χ4n) is 1.54. The van der Waals surface area contributed by atoms with Crippen molar-refractivity contribution in [3.05, 3.63) is 0 Å². The van der Waals surface area contributed by atoms with Gasteiger partial charge in [-0.3, -0.25) is 5.43 Å². The Morgan fingerprint density at radius 1 is 1.17 bits per heavy atom. The maximum absolute atomic E-state index is 5.62. The summed E-state index contributed by atoms with van der Waals surface area (Å²) in [5.74, 6) is 6.05. The molecule has 0 aromatic carbocycles. The zero-order chi connectivity index (χ0) is 13.5. The number of nitrogens with two attached hydrogens (primary N) is 1. The first-order valence-electron chi connectivity index (χ1n) is 6.07. The molecule has 7 heteroatoms. The molecule has 1 heterocycles. The highest BCUT2D eigenvalue weighted by molar-refractivity contribution is 5.25. The summed E-state index contributed by atoms with van der Waals surface area (Å²) < 4.78 is 10.8. The van der Waals surface area contributed by atoms with Gasteiger partial charge in [0.15, 0.2) is 0 Å². The van der Waals surface area contributed by atoms with E-state index in [0.29, 0.717) is 12.5 Å². The second-order valence-electron chi connectivity index (χ2n) is 4.36. The Labute approximate surface area is 107 Å². The summed E-state index contributed by atoms with van der Waals surface area (Å²) in [6.07, 6.45) is 0.939. The molecule has 0 saturated carbocycles. The smallest absolute Gasteiger partial charge is 0.324 e. The van der Waals surface area contributed by atoms with Gasteiger partial charge in [-0.2, -0.15) is 9.97 Å². The van der Waals surface area contributed by atoms with Gasteiger partial charge in [-0.1, -0.05) is 13.8 Å². The van der Waals surface area contributed by atoms with Crippen LogP contribution in [0, 0.1) is 5.92 Å². The molecule has 1 atom stereocenters. The summed E-state index contributed by atoms with van der Waals surface area (Å²) in [4.78, 5) is 12.0. The molecule has 0 aliphatic heterocycles. The molecule has 1 aromatic heterocycles. The van der Waals surface area contributed by atoms with Gasteiger partial charge in [-0.25, -0.2) is 5.84 Å². The Balaban J connectivity index is 2.77. The molecule has 0 saturated heterocycles. The molecular weight excluding hydrogens is 234 g/mol. The van der Waals surface area contributed by atoms with Crippen LogP contribution in [0.3, 0.4) is 0 Å². The highest BCUT2D eigenvalue weighted by Gasteiger charge is 2.12. The van der Waals surface area contributed by atoms with Gasteiger partial charge in [0.1, 0.15) is 0 Å². The van der Waals surface area contributed by atoms with E-state index in [1.807, 2.05) is 13.8 Å². The van der Waals surface area contributed by atoms with Crippen molar-refractivity contribution in [3.8, 4) is 12.0 Å². The minimum absolute atomic E-state index is 0.0208. The van der Waals surface area contributed by atoms with Crippen molar-refractivity contribution < 1.29 is 9.47 Å². The number of aromatic nitrogens is 3. The summed E-state index contributed by atoms with van der Waals surface area (Å²) >= 11 is 0. The van der Waals surface area contributed by atoms with Gasteiger partial charge in [-0.15, -0.1) is 4.98 Å². The maximum atomic E-state index is 5.62. The van der Waals surface area contributed by atoms with Crippen LogP contribution in [0.5, 0.6) is 12.0 Å². The molecule has 7 nitrogen and oxygen atoms in total. The molecule has 0 spiro atoms. The standard InChI is InChI=1S/C11H21N5O2/c1-5-17-10-13-9(16-12)14-11(15-10)18-8(4)6-7(2)3/h7-8H,5-6,12H2,1-4H3,(H,13,14,15,16). The van der Waals surface area contributed by atoms with Crippen molar-refractivity contribution in [3.63, 3.8) is 0 Å². The van der Waals surface area contributed by atoms with Gasteiger partial charge in [0, 0.05) is 0 Å². The minimum atomic E-state index is 0.0208. The van der Waals surface area contributed by atoms with Crippen molar-refractivity contribution in [2.24, 2.45) is 11.8 Å². The van der Waals surface area contributed by atoms with E-state index >= 15 is 0 Å². The average molecular weight is 255 g/mol. The normalized spacial score (nSPS) is 12.3. The lowest BCUT2D eigenvalue weighted by molar-refractivity contribution is 0.173. The van der Waals surface area contributed by atoms with Crippen molar-refractivity contribution >= 4 is 5.95 Å². The molecule has 18 heavy (non-hydrogen) atoms. The lowest BCUT2D eigenvalue weighted by Crippen LogP contribution is -2.18. The molecule has 0 radical (unpaired) electrons. The first-order valence-corrected chi connectivity index (χ1v) is 6.07. The van der Waals surface area contributed by atoms with Crippen LogP contribution in [-0.2, 0) is 0 Å². The second-order valence-corrected chi connectivity index (χ2v) is 4.36. The summed E-state index contributed by atoms with van der Waals surface area (Å²) in [7, 11) is 0. The lowest BCUT2D eigenvalue weighted by Gasteiger charge is -2.15. The van der Waals surface area contributed by atoms with Gasteiger partial charge < -0.3 is 9.47 Å². The monoisotopic (exact) mass is 255 g/mol. The third kappa shape index (κ3) is 4.70. The predicted molar refractivity (Wildman–Crippen MR) is 68.4 cm³/mol. The highest BCUT2D eigenvalue weighted by atomic mass is 16.5. The van der Waals surface area contributed by atoms with E-state index in [4.69, 9.17) is 15.3 Å². The SMILES string of the molecule is CCOc1nc(NN)nc(OC(C)CC(C)C)n1. The molecule has 1 aromatic rings. The van der Waals surface area contributed by atoms with Crippen LogP contribution >= 0.6 is 0 Å². The largest absolute Gasteiger partial charge is 0.464 e. The van der Waals surface area contributed by atoms with Gasteiger partial charge in [-0.05, 0) is 26.2 Å². The molecule has 0 aliphatic rings. The van der Waals surface area contributed by atoms with Crippen LogP contribution in [0.4, 0.5) is 5.95 Å². The molecule has 0 aliphatic carbocycles. The number of ether oxygens (including phenoxy) is 2. The van der Waals surface area contributed by atoms with Gasteiger partial charge in [0.25, 0.3) is 0 Å². The molecule has 3 N–H and O–H groups in total. The Hall–Kier alpha value is -1.63. The predicted octanol–water partition coefficient (Wildman–Crippen LogP) is 1.37. The van der Waals surface area contributed by atoms with E-state index in [0.717, 1.165) is 6.42 Å². The first kappa shape index (κ1) is 14.4. The Morgan fingerprint density at radius 2 is 1.83 bits per heavy atom. The van der Waals surface area contributed by atoms with Crippen molar-refractivity contribution in [1.29, 1.82) is 0 Å². The quantitative estimate of drug-likeness (QED) is 0.561. The summed E-state index contributed by atoms with van der Waals surface area (Å²) in [5.41, 5.74) is 2.36. The minimum Gasteiger partial charge on any atom is -0.464 e. The van der Waals surface area contributed by atoms with E-state index in [2.05, 4.69) is 34.2 Å². The molecule has 1 unspecified atom stereocenters. The van der Waals surface area contributed by atoms with Crippen LogP contribution < -0.4 is 20.7 Å². The molecule has 1 rings (SSSR count). The van der Waals surface area contributed by atoms with E-state index in [1.165, 1.54) is 0 Å². The lowest BCUT2D eigenvalue weighted by atomic mass is 10.1. The Kier molecular flexibility index (Phi) is 5.57. The molecular formula is C11H21N5O2. The van der Waals surface area contributed by atoms with E-state index in [1.54, 1.807) is 0 Å². The Bertz CT molecular complexity index is 372. The number of nitrogens with zero attached hydrogens (tertiary/aromatic N) is 3. The summed E-state index contributed by atoms with van der Waals surface area (Å²) in [6, 6.07) is 0.418. The number of hydrogen-bond donors (Lipinski definition) is 2. The average Bonchev–Trinajstić information content (AvgIpc) is 2.27. The fraction of sp³-hybridized carbons (Fsp3) is 0.727. The van der Waals surface area contributed by atoms with E-state index in [9.17, 15) is 0 Å². The topological polar surface area (TPSA) is 95.2 Å². The number of nitrogen functional groups attached to an aromatic ring is 1. The second kappa shape index (κ2) is 6.95. The summed E-state index contributed by atoms with van der Waals surface area (Å²) in [6.45, 7) is 8.55. The zero-order valence-electron chi connectivity index (χ0n) is 11.3. The number of rotatable bonds is 7. The van der Waals surface area contributed by atoms with Crippen molar-refractivity contribution in [2.75, 3.05) is 12.0 Å². The van der Waals surface area contributed by atoms with E-state index < -0.39 is 0 Å². The third-order valence-electron chi connectivity index (χ3n) is 2.11. The molecule has 102 valence electrons. The number of anilines is 1. The van der Waals surface area contributed by atoms with Crippen LogP contribution in [0.2, 0.25) is 0 Å². The third-order valence-corrected chi connectivity index (χ3v) is 2.11. The van der Waals surface area contributed by atoms with Crippen LogP contribution in [0.1, 0.15) is 34.1 Å². The first-order chi connectivity index (χ1) is 8.55. The summed E-state index contributed by atoms with van der Waals surface area (Å²) in [5, 5.41) is 0. The Morgan fingerprint density at radius 3 is 2.39 bits per heavy atom. The van der Waals surface area contributed by atoms with Crippen molar-refractivity contribution in [1.82, 2.24) is 15.0 Å². The highest BCUT2D eigenvalue weighted by Crippen LogP contribution is 2.15. The van der Waals surface area contributed by atoms with Gasteiger partial charge >= 0.3 is 12.0 Å². The van der Waals surface area contributed by atoms with Gasteiger partial charge in [0.05, 0.1) is 12.7 Å². The number of nitrogens with one attached hydrogen (secondary N) is 1. The number of hydrazine groups is 1. The maximum Gasteiger partial charge on any atom is 0.324 e. The van der Waals surface area contributed by atoms with Crippen LogP contribution in [0.25, 0.3) is 0 Å². The van der Waals surface area contributed by atoms with E-state index in [-0.39, 0.29) is 24.1 Å². The molecule has 0 fully saturated rings. The van der Waals surface area contributed by atoms with Crippen LogP contribution in [-0.4, -0.2) is 27.7 Å². The molecule has 0 amide bonds. The fourth-order valence-corrected chi connectivity index (χ4v) is 1.54. The van der Waals surface area contributed by atoms with Gasteiger partial charge in [0.2, 0.25) is 5.95 Å². The van der Waals surface area contributed by atoms with Crippen LogP contribution in [0.15, 0.2) is 0 Å². The number of hydrogen-bond acceptors (Lipinski definition) is 7. The zero-order valence-corrected chi connectivity index (χ0v) is 11.3. The van der Waals surface area contributed by atoms with Crippen molar-refractivity contribution in [2.45, 2.75) is 40.2 Å².